The Bertz CT molecular complexity index is 920. The molecule has 0 bridgehead atoms. The van der Waals surface area contributed by atoms with Crippen LogP contribution in [0.2, 0.25) is 0 Å². The van der Waals surface area contributed by atoms with Crippen LogP contribution < -0.4 is 0 Å². The molecule has 1 atom stereocenters. The zero-order valence-corrected chi connectivity index (χ0v) is 16.9. The Morgan fingerprint density at radius 2 is 1.64 bits per heavy atom. The van der Waals surface area contributed by atoms with Crippen molar-refractivity contribution in [1.29, 1.82) is 0 Å². The van der Waals surface area contributed by atoms with Gasteiger partial charge in [-0.25, -0.2) is 0 Å². The second kappa shape index (κ2) is 8.09. The summed E-state index contributed by atoms with van der Waals surface area (Å²) in [4.78, 5) is 48.2. The minimum Gasteiger partial charge on any atom is -0.511 e. The molecule has 2 N–H and O–H groups in total. The molecule has 1 aromatic rings. The molecule has 0 aliphatic heterocycles. The minimum absolute atomic E-state index is 0.0414. The largest absolute Gasteiger partial charge is 0.511 e. The van der Waals surface area contributed by atoms with Gasteiger partial charge in [-0.05, 0) is 61.4 Å². The Balaban J connectivity index is 2.69. The summed E-state index contributed by atoms with van der Waals surface area (Å²) >= 11 is 0. The SMILES string of the molecule is CCC(=O)C1=C(O)CC(c2c(C)c(CC(=O)O)c(C)c(C(C)=O)c2C)CC1=O. The van der Waals surface area contributed by atoms with Crippen molar-refractivity contribution < 1.29 is 29.4 Å². The molecule has 0 saturated heterocycles. The first kappa shape index (κ1) is 21.5. The van der Waals surface area contributed by atoms with Gasteiger partial charge >= 0.3 is 5.97 Å². The summed E-state index contributed by atoms with van der Waals surface area (Å²) in [6, 6.07) is 0. The Hall–Kier alpha value is -2.76. The van der Waals surface area contributed by atoms with Gasteiger partial charge < -0.3 is 10.2 Å². The summed E-state index contributed by atoms with van der Waals surface area (Å²) in [7, 11) is 0. The highest BCUT2D eigenvalue weighted by atomic mass is 16.4. The number of hydrogen-bond donors (Lipinski definition) is 2. The lowest BCUT2D eigenvalue weighted by molar-refractivity contribution is -0.136. The highest BCUT2D eigenvalue weighted by Gasteiger charge is 2.34. The van der Waals surface area contributed by atoms with Gasteiger partial charge in [0, 0.05) is 24.8 Å². The Kier molecular flexibility index (Phi) is 6.22. The highest BCUT2D eigenvalue weighted by molar-refractivity contribution is 6.21. The molecule has 1 aromatic carbocycles. The standard InChI is InChI=1S/C22H26O6/c1-6-16(24)22-17(25)7-14(8-18(22)26)21-11(3)15(9-19(27)28)10(2)20(12(21)4)13(5)23/h14,25H,6-9H2,1-5H3,(H,27,28). The van der Waals surface area contributed by atoms with E-state index in [1.165, 1.54) is 6.92 Å². The number of allylic oxidation sites excluding steroid dienone is 2. The van der Waals surface area contributed by atoms with E-state index < -0.39 is 17.7 Å². The summed E-state index contributed by atoms with van der Waals surface area (Å²) in [6.45, 7) is 8.37. The number of hydrogen-bond acceptors (Lipinski definition) is 5. The van der Waals surface area contributed by atoms with Crippen LogP contribution in [0.5, 0.6) is 0 Å². The fourth-order valence-electron chi connectivity index (χ4n) is 4.44. The van der Waals surface area contributed by atoms with Gasteiger partial charge in [-0.1, -0.05) is 6.92 Å². The maximum absolute atomic E-state index is 12.6. The lowest BCUT2D eigenvalue weighted by atomic mass is 9.74. The first-order valence-corrected chi connectivity index (χ1v) is 9.34. The number of Topliss-reactive ketones (excluding diaryl/α,β-unsaturated/α-hetero) is 3. The summed E-state index contributed by atoms with van der Waals surface area (Å²) in [5, 5.41) is 19.7. The molecule has 6 heteroatoms. The van der Waals surface area contributed by atoms with Crippen LogP contribution in [-0.2, 0) is 20.8 Å². The molecule has 28 heavy (non-hydrogen) atoms. The monoisotopic (exact) mass is 386 g/mol. The molecule has 0 aromatic heterocycles. The van der Waals surface area contributed by atoms with Gasteiger partial charge in [0.1, 0.15) is 5.76 Å². The van der Waals surface area contributed by atoms with Crippen LogP contribution in [0.4, 0.5) is 0 Å². The van der Waals surface area contributed by atoms with E-state index in [1.54, 1.807) is 27.7 Å². The van der Waals surface area contributed by atoms with E-state index in [4.69, 9.17) is 0 Å². The molecule has 150 valence electrons. The summed E-state index contributed by atoms with van der Waals surface area (Å²) in [6.07, 6.45) is 0.0596. The van der Waals surface area contributed by atoms with Crippen molar-refractivity contribution in [1.82, 2.24) is 0 Å². The van der Waals surface area contributed by atoms with E-state index in [2.05, 4.69) is 0 Å². The first-order valence-electron chi connectivity index (χ1n) is 9.34. The van der Waals surface area contributed by atoms with Gasteiger partial charge in [0.25, 0.3) is 0 Å². The zero-order valence-electron chi connectivity index (χ0n) is 16.9. The number of carboxylic acids is 1. The predicted octanol–water partition coefficient (Wildman–Crippen LogP) is 3.68. The Labute approximate surface area is 164 Å². The van der Waals surface area contributed by atoms with Crippen LogP contribution >= 0.6 is 0 Å². The third-order valence-corrected chi connectivity index (χ3v) is 5.59. The molecule has 0 radical (unpaired) electrons. The molecule has 1 aliphatic carbocycles. The molecule has 1 unspecified atom stereocenters. The maximum atomic E-state index is 12.6. The molecule has 6 nitrogen and oxygen atoms in total. The molecule has 0 saturated carbocycles. The number of ketones is 3. The van der Waals surface area contributed by atoms with E-state index in [-0.39, 0.29) is 48.6 Å². The predicted molar refractivity (Wildman–Crippen MR) is 104 cm³/mol. The molecule has 1 aliphatic rings. The maximum Gasteiger partial charge on any atom is 0.307 e. The van der Waals surface area contributed by atoms with Crippen LogP contribution in [0.25, 0.3) is 0 Å². The van der Waals surface area contributed by atoms with Crippen LogP contribution in [0.15, 0.2) is 11.3 Å². The van der Waals surface area contributed by atoms with Crippen LogP contribution in [-0.4, -0.2) is 33.5 Å². The third-order valence-electron chi connectivity index (χ3n) is 5.59. The quantitative estimate of drug-likeness (QED) is 0.570. The Morgan fingerprint density at radius 1 is 1.04 bits per heavy atom. The molecule has 0 amide bonds. The fraction of sp³-hybridized carbons (Fsp3) is 0.455. The molecule has 0 heterocycles. The van der Waals surface area contributed by atoms with Gasteiger partial charge in [0.05, 0.1) is 12.0 Å². The zero-order chi connectivity index (χ0) is 21.3. The minimum atomic E-state index is -1.01. The van der Waals surface area contributed by atoms with Crippen molar-refractivity contribution in [3.8, 4) is 0 Å². The van der Waals surface area contributed by atoms with Crippen molar-refractivity contribution >= 4 is 23.3 Å². The van der Waals surface area contributed by atoms with Gasteiger partial charge in [0.2, 0.25) is 0 Å². The van der Waals surface area contributed by atoms with Crippen molar-refractivity contribution in [3.63, 3.8) is 0 Å². The fourth-order valence-corrected chi connectivity index (χ4v) is 4.44. The van der Waals surface area contributed by atoms with Gasteiger partial charge in [-0.3, -0.25) is 19.2 Å². The number of aliphatic carboxylic acids is 1. The van der Waals surface area contributed by atoms with Gasteiger partial charge in [0.15, 0.2) is 17.3 Å². The van der Waals surface area contributed by atoms with Crippen molar-refractivity contribution in [2.75, 3.05) is 0 Å². The number of carbonyl (C=O) groups excluding carboxylic acids is 3. The van der Waals surface area contributed by atoms with E-state index in [1.807, 2.05) is 0 Å². The Morgan fingerprint density at radius 3 is 2.11 bits per heavy atom. The molecular weight excluding hydrogens is 360 g/mol. The second-order valence-corrected chi connectivity index (χ2v) is 7.40. The summed E-state index contributed by atoms with van der Waals surface area (Å²) < 4.78 is 0. The summed E-state index contributed by atoms with van der Waals surface area (Å²) in [5.41, 5.74) is 3.67. The number of aliphatic hydroxyl groups excluding tert-OH is 1. The number of carbonyl (C=O) groups is 4. The molecule has 0 fully saturated rings. The number of carboxylic acid groups (broad SMARTS) is 1. The normalized spacial score (nSPS) is 17.0. The number of rotatable bonds is 6. The van der Waals surface area contributed by atoms with E-state index in [0.717, 1.165) is 11.1 Å². The molecule has 2 rings (SSSR count). The van der Waals surface area contributed by atoms with Crippen molar-refractivity contribution in [2.24, 2.45) is 0 Å². The van der Waals surface area contributed by atoms with E-state index in [9.17, 15) is 29.4 Å². The van der Waals surface area contributed by atoms with Gasteiger partial charge in [-0.2, -0.15) is 0 Å². The first-order chi connectivity index (χ1) is 13.0. The van der Waals surface area contributed by atoms with Crippen molar-refractivity contribution in [3.05, 3.63) is 44.7 Å². The van der Waals surface area contributed by atoms with Crippen LogP contribution in [0.1, 0.15) is 77.2 Å². The molecule has 0 spiro atoms. The van der Waals surface area contributed by atoms with E-state index >= 15 is 0 Å². The average molecular weight is 386 g/mol. The number of aliphatic hydroxyl groups is 1. The van der Waals surface area contributed by atoms with E-state index in [0.29, 0.717) is 22.3 Å². The topological polar surface area (TPSA) is 109 Å². The lowest BCUT2D eigenvalue weighted by Gasteiger charge is -2.29. The van der Waals surface area contributed by atoms with Crippen LogP contribution in [0.3, 0.4) is 0 Å². The third kappa shape index (κ3) is 3.77. The number of benzene rings is 1. The van der Waals surface area contributed by atoms with Crippen molar-refractivity contribution in [2.45, 2.75) is 66.2 Å². The second-order valence-electron chi connectivity index (χ2n) is 7.40. The smallest absolute Gasteiger partial charge is 0.307 e. The highest BCUT2D eigenvalue weighted by Crippen LogP contribution is 2.40. The molecular formula is C22H26O6. The average Bonchev–Trinajstić information content (AvgIpc) is 2.57. The lowest BCUT2D eigenvalue weighted by Crippen LogP contribution is -2.25. The summed E-state index contributed by atoms with van der Waals surface area (Å²) in [5.74, 6) is -2.61. The van der Waals surface area contributed by atoms with Gasteiger partial charge in [-0.15, -0.1) is 0 Å². The van der Waals surface area contributed by atoms with Crippen LogP contribution in [0, 0.1) is 20.8 Å².